The second-order valence-corrected chi connectivity index (χ2v) is 6.48. The molecule has 1 aromatic carbocycles. The fraction of sp³-hybridized carbons (Fsp3) is 0.294. The van der Waals surface area contributed by atoms with Gasteiger partial charge in [0.2, 0.25) is 0 Å². The monoisotopic (exact) mass is 314 g/mol. The predicted octanol–water partition coefficient (Wildman–Crippen LogP) is 1.89. The molecule has 1 heterocycles. The van der Waals surface area contributed by atoms with Crippen LogP contribution in [0.25, 0.3) is 0 Å². The van der Waals surface area contributed by atoms with E-state index in [0.717, 1.165) is 11.4 Å². The largest absolute Gasteiger partial charge is 0.326 e. The van der Waals surface area contributed by atoms with Gasteiger partial charge in [-0.15, -0.1) is 11.3 Å². The van der Waals surface area contributed by atoms with Crippen LogP contribution in [0.4, 0.5) is 5.00 Å². The third-order valence-electron chi connectivity index (χ3n) is 3.49. The molecule has 0 aliphatic rings. The van der Waals surface area contributed by atoms with E-state index in [-0.39, 0.29) is 5.91 Å². The van der Waals surface area contributed by atoms with Crippen molar-refractivity contribution in [1.82, 2.24) is 0 Å². The van der Waals surface area contributed by atoms with Crippen molar-refractivity contribution in [2.75, 3.05) is 18.9 Å². The lowest BCUT2D eigenvalue weighted by Crippen LogP contribution is -3.08. The fourth-order valence-corrected chi connectivity index (χ4v) is 3.12. The average molecular weight is 314 g/mol. The SMILES string of the molecule is Cc1ccc(C[NH+](C)CC(=O)Nc2sccc2C#N)c(C)c1. The summed E-state index contributed by atoms with van der Waals surface area (Å²) >= 11 is 1.37. The molecule has 5 heteroatoms. The second kappa shape index (κ2) is 7.21. The molecule has 0 fully saturated rings. The predicted molar refractivity (Wildman–Crippen MR) is 89.0 cm³/mol. The van der Waals surface area contributed by atoms with Gasteiger partial charge >= 0.3 is 0 Å². The Morgan fingerprint density at radius 1 is 1.36 bits per heavy atom. The summed E-state index contributed by atoms with van der Waals surface area (Å²) in [4.78, 5) is 13.2. The number of nitrogens with one attached hydrogen (secondary N) is 2. The first kappa shape index (κ1) is 16.2. The summed E-state index contributed by atoms with van der Waals surface area (Å²) < 4.78 is 0. The molecule has 2 N–H and O–H groups in total. The molecule has 114 valence electrons. The van der Waals surface area contributed by atoms with Crippen LogP contribution in [0.5, 0.6) is 0 Å². The summed E-state index contributed by atoms with van der Waals surface area (Å²) in [6.45, 7) is 5.35. The molecule has 1 unspecified atom stereocenters. The number of nitriles is 1. The summed E-state index contributed by atoms with van der Waals surface area (Å²) in [6.07, 6.45) is 0. The van der Waals surface area contributed by atoms with E-state index in [1.807, 2.05) is 7.05 Å². The highest BCUT2D eigenvalue weighted by molar-refractivity contribution is 7.14. The molecule has 1 aromatic heterocycles. The number of hydrogen-bond donors (Lipinski definition) is 2. The Balaban J connectivity index is 1.93. The van der Waals surface area contributed by atoms with Gasteiger partial charge in [-0.05, 0) is 30.9 Å². The first-order valence-corrected chi connectivity index (χ1v) is 8.02. The highest BCUT2D eigenvalue weighted by Gasteiger charge is 2.14. The highest BCUT2D eigenvalue weighted by Crippen LogP contribution is 2.21. The number of amides is 1. The van der Waals surface area contributed by atoms with Gasteiger partial charge in [0.15, 0.2) is 6.54 Å². The Hall–Kier alpha value is -2.16. The van der Waals surface area contributed by atoms with Crippen LogP contribution in [0.2, 0.25) is 0 Å². The summed E-state index contributed by atoms with van der Waals surface area (Å²) in [5.41, 5.74) is 4.28. The molecular weight excluding hydrogens is 294 g/mol. The average Bonchev–Trinajstić information content (AvgIpc) is 2.88. The summed E-state index contributed by atoms with van der Waals surface area (Å²) in [7, 11) is 2.00. The minimum Gasteiger partial charge on any atom is -0.326 e. The Morgan fingerprint density at radius 2 is 2.14 bits per heavy atom. The molecule has 0 radical (unpaired) electrons. The molecule has 1 amide bonds. The molecule has 1 atom stereocenters. The number of rotatable bonds is 5. The lowest BCUT2D eigenvalue weighted by atomic mass is 10.1. The minimum absolute atomic E-state index is 0.0683. The zero-order valence-corrected chi connectivity index (χ0v) is 13.9. The van der Waals surface area contributed by atoms with Crippen LogP contribution in [0.3, 0.4) is 0 Å². The molecule has 0 bridgehead atoms. The second-order valence-electron chi connectivity index (χ2n) is 5.56. The van der Waals surface area contributed by atoms with Gasteiger partial charge in [-0.2, -0.15) is 5.26 Å². The van der Waals surface area contributed by atoms with Gasteiger partial charge in [-0.25, -0.2) is 0 Å². The molecule has 2 rings (SSSR count). The minimum atomic E-state index is -0.0683. The van der Waals surface area contributed by atoms with Crippen LogP contribution in [0.15, 0.2) is 29.6 Å². The van der Waals surface area contributed by atoms with Crippen LogP contribution >= 0.6 is 11.3 Å². The number of aryl methyl sites for hydroxylation is 2. The van der Waals surface area contributed by atoms with Crippen LogP contribution < -0.4 is 10.2 Å². The molecule has 0 saturated carbocycles. The lowest BCUT2D eigenvalue weighted by molar-refractivity contribution is -0.885. The van der Waals surface area contributed by atoms with E-state index in [0.29, 0.717) is 17.1 Å². The third-order valence-corrected chi connectivity index (χ3v) is 4.32. The number of benzene rings is 1. The number of carbonyl (C=O) groups excluding carboxylic acids is 1. The van der Waals surface area contributed by atoms with Gasteiger partial charge in [-0.1, -0.05) is 23.8 Å². The van der Waals surface area contributed by atoms with Gasteiger partial charge < -0.3 is 10.2 Å². The maximum atomic E-state index is 12.1. The number of hydrogen-bond acceptors (Lipinski definition) is 3. The van der Waals surface area contributed by atoms with Crippen LogP contribution in [0.1, 0.15) is 22.3 Å². The van der Waals surface area contributed by atoms with Crippen LogP contribution in [-0.2, 0) is 11.3 Å². The Morgan fingerprint density at radius 3 is 2.82 bits per heavy atom. The molecule has 22 heavy (non-hydrogen) atoms. The lowest BCUT2D eigenvalue weighted by Gasteiger charge is -2.15. The van der Waals surface area contributed by atoms with E-state index in [2.05, 4.69) is 43.4 Å². The normalized spacial score (nSPS) is 11.7. The van der Waals surface area contributed by atoms with Crippen LogP contribution in [0, 0.1) is 25.2 Å². The first-order valence-electron chi connectivity index (χ1n) is 7.14. The van der Waals surface area contributed by atoms with Gasteiger partial charge in [0.1, 0.15) is 17.6 Å². The molecule has 4 nitrogen and oxygen atoms in total. The van der Waals surface area contributed by atoms with E-state index >= 15 is 0 Å². The number of likely N-dealkylation sites (N-methyl/N-ethyl adjacent to an activating group) is 1. The molecular formula is C17H20N3OS+. The number of nitrogens with zero attached hydrogens (tertiary/aromatic N) is 1. The van der Waals surface area contributed by atoms with Gasteiger partial charge in [-0.3, -0.25) is 4.79 Å². The maximum absolute atomic E-state index is 12.1. The molecule has 0 saturated heterocycles. The van der Waals surface area contributed by atoms with Crippen molar-refractivity contribution in [1.29, 1.82) is 5.26 Å². The zero-order chi connectivity index (χ0) is 16.1. The maximum Gasteiger partial charge on any atom is 0.280 e. The summed E-state index contributed by atoms with van der Waals surface area (Å²) in [5, 5.41) is 14.2. The van der Waals surface area contributed by atoms with Gasteiger partial charge in [0.05, 0.1) is 12.6 Å². The molecule has 2 aromatic rings. The van der Waals surface area contributed by atoms with Gasteiger partial charge in [0, 0.05) is 5.56 Å². The zero-order valence-electron chi connectivity index (χ0n) is 13.1. The van der Waals surface area contributed by atoms with E-state index in [9.17, 15) is 4.79 Å². The first-order chi connectivity index (χ1) is 10.5. The van der Waals surface area contributed by atoms with Crippen molar-refractivity contribution in [3.8, 4) is 6.07 Å². The molecule has 0 spiro atoms. The van der Waals surface area contributed by atoms with Crippen molar-refractivity contribution in [2.24, 2.45) is 0 Å². The Bertz CT molecular complexity index is 715. The van der Waals surface area contributed by atoms with E-state index in [1.54, 1.807) is 11.4 Å². The summed E-state index contributed by atoms with van der Waals surface area (Å²) in [6, 6.07) is 10.2. The number of quaternary nitrogens is 1. The quantitative estimate of drug-likeness (QED) is 0.885. The number of thiophene rings is 1. The van der Waals surface area contributed by atoms with Crippen LogP contribution in [-0.4, -0.2) is 19.5 Å². The Kier molecular flexibility index (Phi) is 5.31. The van der Waals surface area contributed by atoms with Crippen molar-refractivity contribution in [2.45, 2.75) is 20.4 Å². The highest BCUT2D eigenvalue weighted by atomic mass is 32.1. The number of anilines is 1. The van der Waals surface area contributed by atoms with E-state index < -0.39 is 0 Å². The van der Waals surface area contributed by atoms with E-state index in [1.165, 1.54) is 28.0 Å². The number of carbonyl (C=O) groups is 1. The molecule has 0 aliphatic heterocycles. The van der Waals surface area contributed by atoms with Crippen molar-refractivity contribution >= 4 is 22.2 Å². The molecule has 0 aliphatic carbocycles. The van der Waals surface area contributed by atoms with E-state index in [4.69, 9.17) is 5.26 Å². The fourth-order valence-electron chi connectivity index (χ4n) is 2.37. The van der Waals surface area contributed by atoms with Crippen molar-refractivity contribution in [3.63, 3.8) is 0 Å². The van der Waals surface area contributed by atoms with Gasteiger partial charge in [0.25, 0.3) is 5.91 Å². The topological polar surface area (TPSA) is 57.3 Å². The van der Waals surface area contributed by atoms with Crippen molar-refractivity contribution < 1.29 is 9.69 Å². The third kappa shape index (κ3) is 4.17. The Labute approximate surface area is 135 Å². The standard InChI is InChI=1S/C17H19N3OS/c1-12-4-5-15(13(2)8-12)10-20(3)11-16(21)19-17-14(9-18)6-7-22-17/h4-8H,10-11H2,1-3H3,(H,19,21)/p+1. The van der Waals surface area contributed by atoms with Crippen molar-refractivity contribution in [3.05, 3.63) is 51.9 Å². The smallest absolute Gasteiger partial charge is 0.280 e. The summed E-state index contributed by atoms with van der Waals surface area (Å²) in [5.74, 6) is -0.0683.